The van der Waals surface area contributed by atoms with E-state index in [0.717, 1.165) is 0 Å². The smallest absolute Gasteiger partial charge is 0.263 e. The van der Waals surface area contributed by atoms with Gasteiger partial charge in [-0.1, -0.05) is 0 Å². The third-order valence-corrected chi connectivity index (χ3v) is 2.77. The van der Waals surface area contributed by atoms with Crippen LogP contribution in [0.1, 0.15) is 11.5 Å². The highest BCUT2D eigenvalue weighted by Crippen LogP contribution is 2.33. The number of nitrogens with two attached hydrogens (primary N) is 1. The molecule has 1 atom stereocenters. The standard InChI is InChI=1S/C12H10N6O/c13-5-8-10(7-1-3-16-4-2-7)9(6-14)12(19)17-11(8)18-15/h1-4,10,14,18H,15H2,(H,17,19). The summed E-state index contributed by atoms with van der Waals surface area (Å²) in [7, 11) is 0. The molecule has 0 aromatic carbocycles. The first-order chi connectivity index (χ1) is 9.22. The molecule has 0 fully saturated rings. The van der Waals surface area contributed by atoms with E-state index in [2.05, 4.69) is 21.6 Å². The summed E-state index contributed by atoms with van der Waals surface area (Å²) in [6.45, 7) is 0. The van der Waals surface area contributed by atoms with E-state index in [0.29, 0.717) is 5.56 Å². The molecule has 94 valence electrons. The van der Waals surface area contributed by atoms with Crippen molar-refractivity contribution in [3.05, 3.63) is 47.1 Å². The lowest BCUT2D eigenvalue weighted by molar-refractivity contribution is -0.117. The van der Waals surface area contributed by atoms with Crippen molar-refractivity contribution in [3.63, 3.8) is 0 Å². The van der Waals surface area contributed by atoms with E-state index in [-0.39, 0.29) is 17.0 Å². The Labute approximate surface area is 108 Å². The molecule has 1 aliphatic rings. The minimum Gasteiger partial charge on any atom is -0.309 e. The number of carbonyl (C=O) groups is 1. The number of amides is 1. The maximum absolute atomic E-state index is 11.9. The normalized spacial score (nSPS) is 18.4. The first kappa shape index (κ1) is 12.5. The zero-order valence-corrected chi connectivity index (χ0v) is 9.77. The predicted octanol–water partition coefficient (Wildman–Crippen LogP) is -0.332. The van der Waals surface area contributed by atoms with Crippen molar-refractivity contribution in [2.45, 2.75) is 5.92 Å². The van der Waals surface area contributed by atoms with Crippen LogP contribution >= 0.6 is 0 Å². The minimum atomic E-state index is -0.676. The summed E-state index contributed by atoms with van der Waals surface area (Å²) < 4.78 is 0. The lowest BCUT2D eigenvalue weighted by Crippen LogP contribution is -2.42. The lowest BCUT2D eigenvalue weighted by atomic mass is 9.83. The molecule has 5 N–H and O–H groups in total. The average molecular weight is 254 g/mol. The maximum atomic E-state index is 11.9. The van der Waals surface area contributed by atoms with Gasteiger partial charge in [-0.3, -0.25) is 15.2 Å². The Morgan fingerprint density at radius 3 is 2.68 bits per heavy atom. The summed E-state index contributed by atoms with van der Waals surface area (Å²) >= 11 is 0. The predicted molar refractivity (Wildman–Crippen MR) is 66.3 cm³/mol. The third kappa shape index (κ3) is 2.09. The van der Waals surface area contributed by atoms with Gasteiger partial charge < -0.3 is 10.7 Å². The molecule has 1 aliphatic heterocycles. The number of carbonyl (C=O) groups excluding carboxylic acids is 1. The Kier molecular flexibility index (Phi) is 3.39. The van der Waals surface area contributed by atoms with Gasteiger partial charge >= 0.3 is 0 Å². The SMILES string of the molecule is N#CC1=C(NN)NC(=O)C(=C=N)C1c1ccncc1. The number of nitriles is 1. The van der Waals surface area contributed by atoms with Crippen molar-refractivity contribution in [1.82, 2.24) is 15.7 Å². The summed E-state index contributed by atoms with van der Waals surface area (Å²) in [6.07, 6.45) is 3.10. The van der Waals surface area contributed by atoms with Crippen molar-refractivity contribution in [3.8, 4) is 6.07 Å². The topological polar surface area (TPSA) is 128 Å². The average Bonchev–Trinajstić information content (AvgIpc) is 2.46. The van der Waals surface area contributed by atoms with Gasteiger partial charge in [0, 0.05) is 12.4 Å². The molecular weight excluding hydrogens is 244 g/mol. The molecule has 1 amide bonds. The number of nitrogens with one attached hydrogen (secondary N) is 3. The van der Waals surface area contributed by atoms with Gasteiger partial charge in [0.05, 0.1) is 23.1 Å². The lowest BCUT2D eigenvalue weighted by Gasteiger charge is -2.25. The summed E-state index contributed by atoms with van der Waals surface area (Å²) in [5.74, 6) is 6.33. The monoisotopic (exact) mass is 254 g/mol. The number of rotatable bonds is 2. The van der Waals surface area contributed by atoms with Crippen LogP contribution in [0.4, 0.5) is 0 Å². The minimum absolute atomic E-state index is 0.0572. The van der Waals surface area contributed by atoms with Crippen molar-refractivity contribution in [2.75, 3.05) is 0 Å². The highest BCUT2D eigenvalue weighted by atomic mass is 16.2. The molecule has 1 aromatic heterocycles. The first-order valence-corrected chi connectivity index (χ1v) is 5.34. The first-order valence-electron chi connectivity index (χ1n) is 5.34. The van der Waals surface area contributed by atoms with Crippen LogP contribution in [-0.4, -0.2) is 16.8 Å². The molecule has 2 heterocycles. The molecule has 0 saturated heterocycles. The number of hydrogen-bond acceptors (Lipinski definition) is 6. The number of nitrogens with zero attached hydrogens (tertiary/aromatic N) is 2. The maximum Gasteiger partial charge on any atom is 0.263 e. The number of hydrazine groups is 1. The fourth-order valence-corrected chi connectivity index (χ4v) is 1.92. The molecule has 0 spiro atoms. The van der Waals surface area contributed by atoms with Gasteiger partial charge in [-0.2, -0.15) is 5.26 Å². The van der Waals surface area contributed by atoms with Crippen molar-refractivity contribution >= 4 is 11.8 Å². The summed E-state index contributed by atoms with van der Waals surface area (Å²) in [4.78, 5) is 15.7. The third-order valence-electron chi connectivity index (χ3n) is 2.77. The van der Waals surface area contributed by atoms with Gasteiger partial charge in [0.25, 0.3) is 5.91 Å². The van der Waals surface area contributed by atoms with Gasteiger partial charge in [0.1, 0.15) is 5.82 Å². The van der Waals surface area contributed by atoms with E-state index in [1.54, 1.807) is 24.5 Å². The van der Waals surface area contributed by atoms with Crippen LogP contribution in [0.2, 0.25) is 0 Å². The highest BCUT2D eigenvalue weighted by molar-refractivity contribution is 6.05. The summed E-state index contributed by atoms with van der Waals surface area (Å²) in [5, 5.41) is 18.9. The second kappa shape index (κ2) is 5.14. The van der Waals surface area contributed by atoms with Crippen molar-refractivity contribution in [2.24, 2.45) is 5.84 Å². The van der Waals surface area contributed by atoms with Crippen LogP contribution < -0.4 is 16.6 Å². The molecule has 7 nitrogen and oxygen atoms in total. The number of allylic oxidation sites excluding steroid dienone is 1. The number of aromatic nitrogens is 1. The molecule has 1 unspecified atom stereocenters. The molecule has 1 aromatic rings. The van der Waals surface area contributed by atoms with Crippen LogP contribution in [-0.2, 0) is 4.79 Å². The largest absolute Gasteiger partial charge is 0.309 e. The molecule has 2 rings (SSSR count). The van der Waals surface area contributed by atoms with E-state index < -0.39 is 11.8 Å². The van der Waals surface area contributed by atoms with Crippen LogP contribution in [0, 0.1) is 16.7 Å². The highest BCUT2D eigenvalue weighted by Gasteiger charge is 2.34. The van der Waals surface area contributed by atoms with Gasteiger partial charge in [0.15, 0.2) is 0 Å². The molecule has 0 aliphatic carbocycles. The Bertz CT molecular complexity index is 636. The van der Waals surface area contributed by atoms with E-state index in [4.69, 9.17) is 11.3 Å². The van der Waals surface area contributed by atoms with Crippen LogP contribution in [0.25, 0.3) is 0 Å². The van der Waals surface area contributed by atoms with Gasteiger partial charge in [-0.25, -0.2) is 5.84 Å². The molecule has 0 bridgehead atoms. The molecular formula is C12H10N6O. The zero-order chi connectivity index (χ0) is 13.8. The van der Waals surface area contributed by atoms with Crippen molar-refractivity contribution < 1.29 is 4.79 Å². The number of pyridine rings is 1. The van der Waals surface area contributed by atoms with Crippen LogP contribution in [0.5, 0.6) is 0 Å². The summed E-state index contributed by atoms with van der Waals surface area (Å²) in [6, 6.07) is 5.34. The Morgan fingerprint density at radius 2 is 2.16 bits per heavy atom. The van der Waals surface area contributed by atoms with Gasteiger partial charge in [0.2, 0.25) is 0 Å². The zero-order valence-electron chi connectivity index (χ0n) is 9.77. The van der Waals surface area contributed by atoms with E-state index >= 15 is 0 Å². The second-order valence-corrected chi connectivity index (χ2v) is 3.75. The van der Waals surface area contributed by atoms with E-state index in [9.17, 15) is 10.1 Å². The van der Waals surface area contributed by atoms with E-state index in [1.165, 1.54) is 0 Å². The molecule has 0 saturated carbocycles. The van der Waals surface area contributed by atoms with Crippen LogP contribution in [0.3, 0.4) is 0 Å². The fraction of sp³-hybridized carbons (Fsp3) is 0.0833. The van der Waals surface area contributed by atoms with Crippen LogP contribution in [0.15, 0.2) is 41.5 Å². The Morgan fingerprint density at radius 1 is 1.47 bits per heavy atom. The van der Waals surface area contributed by atoms with E-state index in [1.807, 2.05) is 6.07 Å². The molecule has 0 radical (unpaired) electrons. The quantitative estimate of drug-likeness (QED) is 0.248. The van der Waals surface area contributed by atoms with Crippen molar-refractivity contribution in [1.29, 1.82) is 10.7 Å². The molecule has 19 heavy (non-hydrogen) atoms. The number of hydrogen-bond donors (Lipinski definition) is 4. The second-order valence-electron chi connectivity index (χ2n) is 3.75. The fourth-order valence-electron chi connectivity index (χ4n) is 1.92. The summed E-state index contributed by atoms with van der Waals surface area (Å²) in [5.41, 5.74) is 3.24. The Hall–Kier alpha value is -2.94. The Balaban J connectivity index is 2.67. The van der Waals surface area contributed by atoms with Gasteiger partial charge in [-0.05, 0) is 23.6 Å². The molecule has 7 heteroatoms. The van der Waals surface area contributed by atoms with Gasteiger partial charge in [-0.15, -0.1) is 0 Å².